The van der Waals surface area contributed by atoms with E-state index in [1.807, 2.05) is 20.8 Å². The Labute approximate surface area is 108 Å². The maximum Gasteiger partial charge on any atom is 0.155 e. The molecule has 0 aromatic rings. The van der Waals surface area contributed by atoms with Crippen LogP contribution >= 0.6 is 0 Å². The Balaban J connectivity index is 4.83. The van der Waals surface area contributed by atoms with Crippen molar-refractivity contribution in [3.63, 3.8) is 0 Å². The molecule has 1 unspecified atom stereocenters. The van der Waals surface area contributed by atoms with E-state index in [4.69, 9.17) is 0 Å². The zero-order valence-electron chi connectivity index (χ0n) is 13.0. The van der Waals surface area contributed by atoms with Crippen LogP contribution in [-0.4, -0.2) is 18.4 Å². The number of ketones is 1. The highest BCUT2D eigenvalue weighted by Gasteiger charge is 2.34. The fourth-order valence-corrected chi connectivity index (χ4v) is 1.79. The van der Waals surface area contributed by atoms with Gasteiger partial charge in [-0.2, -0.15) is 0 Å². The molecule has 1 atom stereocenters. The third-order valence-corrected chi connectivity index (χ3v) is 3.80. The van der Waals surface area contributed by atoms with Gasteiger partial charge < -0.3 is 5.32 Å². The van der Waals surface area contributed by atoms with E-state index in [9.17, 15) is 4.79 Å². The van der Waals surface area contributed by atoms with E-state index in [-0.39, 0.29) is 16.9 Å². The van der Waals surface area contributed by atoms with Gasteiger partial charge in [0.2, 0.25) is 0 Å². The molecule has 102 valence electrons. The summed E-state index contributed by atoms with van der Waals surface area (Å²) in [5.41, 5.74) is -0.0758. The topological polar surface area (TPSA) is 29.1 Å². The second kappa shape index (κ2) is 5.99. The predicted molar refractivity (Wildman–Crippen MR) is 75.2 cm³/mol. The first-order valence-corrected chi connectivity index (χ1v) is 6.80. The maximum absolute atomic E-state index is 12.4. The number of Topliss-reactive ketones (excluding diaryl/α,β-unsaturated/α-hetero) is 1. The lowest BCUT2D eigenvalue weighted by Gasteiger charge is -2.35. The summed E-state index contributed by atoms with van der Waals surface area (Å²) >= 11 is 0. The molecule has 0 bridgehead atoms. The lowest BCUT2D eigenvalue weighted by molar-refractivity contribution is -0.129. The summed E-state index contributed by atoms with van der Waals surface area (Å²) in [6.07, 6.45) is 0.911. The first-order chi connectivity index (χ1) is 7.52. The molecule has 17 heavy (non-hydrogen) atoms. The van der Waals surface area contributed by atoms with Gasteiger partial charge >= 0.3 is 0 Å². The summed E-state index contributed by atoms with van der Waals surface area (Å²) in [5, 5.41) is 3.35. The van der Waals surface area contributed by atoms with E-state index in [1.54, 1.807) is 0 Å². The molecule has 2 nitrogen and oxygen atoms in total. The van der Waals surface area contributed by atoms with Gasteiger partial charge in [-0.25, -0.2) is 0 Å². The molecule has 0 saturated heterocycles. The van der Waals surface area contributed by atoms with E-state index < -0.39 is 0 Å². The molecule has 0 aliphatic heterocycles. The Bertz CT molecular complexity index is 248. The Morgan fingerprint density at radius 1 is 1.12 bits per heavy atom. The Kier molecular flexibility index (Phi) is 5.86. The number of nitrogens with one attached hydrogen (secondary N) is 1. The van der Waals surface area contributed by atoms with Gasteiger partial charge in [-0.15, -0.1) is 0 Å². The molecule has 2 heteroatoms. The average molecular weight is 241 g/mol. The molecule has 1 N–H and O–H groups in total. The number of hydrogen-bond donors (Lipinski definition) is 1. The zero-order valence-corrected chi connectivity index (χ0v) is 13.0. The smallest absolute Gasteiger partial charge is 0.155 e. The number of likely N-dealkylation sites (N-methyl/N-ethyl adjacent to an activating group) is 1. The van der Waals surface area contributed by atoms with E-state index in [2.05, 4.69) is 39.9 Å². The zero-order chi connectivity index (χ0) is 13.9. The Morgan fingerprint density at radius 3 is 1.88 bits per heavy atom. The third kappa shape index (κ3) is 5.20. The average Bonchev–Trinajstić information content (AvgIpc) is 2.14. The summed E-state index contributed by atoms with van der Waals surface area (Å²) in [4.78, 5) is 12.4. The fraction of sp³-hybridized carbons (Fsp3) is 0.933. The second-order valence-electron chi connectivity index (χ2n) is 7.07. The highest BCUT2D eigenvalue weighted by Crippen LogP contribution is 2.33. The minimum absolute atomic E-state index is 0.0163. The Morgan fingerprint density at radius 2 is 1.59 bits per heavy atom. The van der Waals surface area contributed by atoms with E-state index in [1.165, 1.54) is 0 Å². The van der Waals surface area contributed by atoms with Crippen molar-refractivity contribution in [3.8, 4) is 0 Å². The summed E-state index contributed by atoms with van der Waals surface area (Å²) in [6, 6.07) is -0.0163. The third-order valence-electron chi connectivity index (χ3n) is 3.80. The molecule has 0 radical (unpaired) electrons. The van der Waals surface area contributed by atoms with Gasteiger partial charge in [-0.3, -0.25) is 4.79 Å². The minimum Gasteiger partial charge on any atom is -0.308 e. The van der Waals surface area contributed by atoms with Gasteiger partial charge in [0, 0.05) is 5.41 Å². The van der Waals surface area contributed by atoms with Crippen LogP contribution in [-0.2, 0) is 4.79 Å². The molecule has 0 saturated carbocycles. The van der Waals surface area contributed by atoms with Crippen LogP contribution < -0.4 is 5.32 Å². The molecule has 0 aliphatic carbocycles. The van der Waals surface area contributed by atoms with Crippen LogP contribution in [0.15, 0.2) is 0 Å². The molecule has 0 aromatic heterocycles. The first kappa shape index (κ1) is 16.6. The summed E-state index contributed by atoms with van der Waals surface area (Å²) < 4.78 is 0. The van der Waals surface area contributed by atoms with Gasteiger partial charge in [0.1, 0.15) is 0 Å². The molecule has 0 aromatic carbocycles. The molecule has 0 aliphatic rings. The first-order valence-electron chi connectivity index (χ1n) is 6.80. The van der Waals surface area contributed by atoms with Crippen molar-refractivity contribution in [1.82, 2.24) is 5.32 Å². The van der Waals surface area contributed by atoms with Crippen molar-refractivity contribution in [3.05, 3.63) is 0 Å². The summed E-state index contributed by atoms with van der Waals surface area (Å²) in [7, 11) is 0. The molecule has 0 amide bonds. The monoisotopic (exact) mass is 241 g/mol. The summed E-state index contributed by atoms with van der Waals surface area (Å²) in [5.74, 6) is 0.907. The van der Waals surface area contributed by atoms with Crippen molar-refractivity contribution < 1.29 is 4.79 Å². The van der Waals surface area contributed by atoms with Gasteiger partial charge in [0.05, 0.1) is 6.04 Å². The molecule has 0 fully saturated rings. The van der Waals surface area contributed by atoms with E-state index in [0.717, 1.165) is 13.0 Å². The highest BCUT2D eigenvalue weighted by atomic mass is 16.1. The van der Waals surface area contributed by atoms with Crippen molar-refractivity contribution in [2.75, 3.05) is 6.54 Å². The van der Waals surface area contributed by atoms with Crippen LogP contribution in [0.5, 0.6) is 0 Å². The van der Waals surface area contributed by atoms with Crippen LogP contribution in [0.2, 0.25) is 0 Å². The van der Waals surface area contributed by atoms with Crippen LogP contribution in [0.3, 0.4) is 0 Å². The van der Waals surface area contributed by atoms with Crippen LogP contribution in [0.1, 0.15) is 61.8 Å². The van der Waals surface area contributed by atoms with Crippen molar-refractivity contribution >= 4 is 5.78 Å². The normalized spacial score (nSPS) is 15.1. The van der Waals surface area contributed by atoms with Crippen LogP contribution in [0, 0.1) is 16.7 Å². The van der Waals surface area contributed by atoms with E-state index in [0.29, 0.717) is 11.7 Å². The standard InChI is InChI=1S/C15H31NO/c1-9-16-12(13(17)14(4,5)6)10-15(7,8)11(2)3/h11-12,16H,9-10H2,1-8H3. The largest absolute Gasteiger partial charge is 0.308 e. The highest BCUT2D eigenvalue weighted by molar-refractivity contribution is 5.88. The van der Waals surface area contributed by atoms with Gasteiger partial charge in [0.15, 0.2) is 5.78 Å². The maximum atomic E-state index is 12.4. The lowest BCUT2D eigenvalue weighted by atomic mass is 9.73. The van der Waals surface area contributed by atoms with Gasteiger partial charge in [0.25, 0.3) is 0 Å². The SMILES string of the molecule is CCNC(CC(C)(C)C(C)C)C(=O)C(C)(C)C. The van der Waals surface area contributed by atoms with Gasteiger partial charge in [-0.1, -0.05) is 55.4 Å². The molecule has 0 heterocycles. The number of carbonyl (C=O) groups excluding carboxylic acids is 1. The molecule has 0 rings (SSSR count). The van der Waals surface area contributed by atoms with E-state index >= 15 is 0 Å². The predicted octanol–water partition coefficient (Wildman–Crippen LogP) is 3.65. The number of carbonyl (C=O) groups is 1. The van der Waals surface area contributed by atoms with Crippen molar-refractivity contribution in [1.29, 1.82) is 0 Å². The summed E-state index contributed by atoms with van der Waals surface area (Å²) in [6.45, 7) is 17.9. The molecular weight excluding hydrogens is 210 g/mol. The van der Waals surface area contributed by atoms with Crippen LogP contribution in [0.4, 0.5) is 0 Å². The van der Waals surface area contributed by atoms with Crippen molar-refractivity contribution in [2.24, 2.45) is 16.7 Å². The molecule has 0 spiro atoms. The van der Waals surface area contributed by atoms with Crippen molar-refractivity contribution in [2.45, 2.75) is 67.9 Å². The Hall–Kier alpha value is -0.370. The fourth-order valence-electron chi connectivity index (χ4n) is 1.79. The lowest BCUT2D eigenvalue weighted by Crippen LogP contribution is -2.46. The number of hydrogen-bond acceptors (Lipinski definition) is 2. The second-order valence-corrected chi connectivity index (χ2v) is 7.07. The van der Waals surface area contributed by atoms with Gasteiger partial charge in [-0.05, 0) is 24.3 Å². The quantitative estimate of drug-likeness (QED) is 0.769. The van der Waals surface area contributed by atoms with Crippen LogP contribution in [0.25, 0.3) is 0 Å². The number of rotatable bonds is 6. The molecular formula is C15H31NO. The minimum atomic E-state index is -0.264.